The van der Waals surface area contributed by atoms with Crippen molar-refractivity contribution in [2.45, 2.75) is 6.18 Å². The number of ketones is 1. The van der Waals surface area contributed by atoms with Crippen molar-refractivity contribution in [1.29, 1.82) is 5.41 Å². The van der Waals surface area contributed by atoms with Crippen LogP contribution in [0.1, 0.15) is 5.56 Å². The Bertz CT molecular complexity index is 905. The van der Waals surface area contributed by atoms with Crippen molar-refractivity contribution in [1.82, 2.24) is 5.01 Å². The highest BCUT2D eigenvalue weighted by Gasteiger charge is 2.45. The number of thioether (sulfide) groups is 1. The van der Waals surface area contributed by atoms with E-state index in [0.29, 0.717) is 28.8 Å². The van der Waals surface area contributed by atoms with Gasteiger partial charge in [0, 0.05) is 6.08 Å². The van der Waals surface area contributed by atoms with Gasteiger partial charge in [0.2, 0.25) is 11.8 Å². The van der Waals surface area contributed by atoms with E-state index in [-0.39, 0.29) is 17.4 Å². The van der Waals surface area contributed by atoms with Crippen LogP contribution in [-0.2, 0) is 4.79 Å². The van der Waals surface area contributed by atoms with Crippen molar-refractivity contribution in [2.24, 2.45) is 5.10 Å². The maximum absolute atomic E-state index is 12.8. The summed E-state index contributed by atoms with van der Waals surface area (Å²) < 4.78 is 48.8. The lowest BCUT2D eigenvalue weighted by atomic mass is 10.0. The lowest BCUT2D eigenvalue weighted by molar-refractivity contribution is -0.111. The molecule has 1 aromatic rings. The molecule has 0 unspecified atom stereocenters. The molecule has 4 rings (SSSR count). The summed E-state index contributed by atoms with van der Waals surface area (Å²) in [4.78, 5) is 12.2. The standard InChI is InChI=1S/C15H8F3N3O3S/c16-15(17,18)14-20-21-12(25-14)5-9(22)8(13(21)19)3-7-1-2-10-11(4-7)24-6-23-10/h1-5,19H,6H2/b8-3+,19-13?. The van der Waals surface area contributed by atoms with Gasteiger partial charge >= 0.3 is 6.18 Å². The Kier molecular flexibility index (Phi) is 3.39. The van der Waals surface area contributed by atoms with E-state index < -0.39 is 22.8 Å². The average molecular weight is 367 g/mol. The molecule has 128 valence electrons. The van der Waals surface area contributed by atoms with Crippen LogP contribution in [0.3, 0.4) is 0 Å². The topological polar surface area (TPSA) is 75.0 Å². The number of carbonyl (C=O) groups excluding carboxylic acids is 1. The van der Waals surface area contributed by atoms with Gasteiger partial charge < -0.3 is 9.47 Å². The first-order valence-electron chi connectivity index (χ1n) is 6.93. The molecular weight excluding hydrogens is 359 g/mol. The number of fused-ring (bicyclic) bond motifs is 2. The molecule has 3 aliphatic rings. The third-order valence-corrected chi connectivity index (χ3v) is 4.54. The Hall–Kier alpha value is -2.75. The number of benzene rings is 1. The predicted molar refractivity (Wildman–Crippen MR) is 84.3 cm³/mol. The number of rotatable bonds is 1. The molecule has 1 aromatic carbocycles. The summed E-state index contributed by atoms with van der Waals surface area (Å²) in [7, 11) is 0. The molecule has 3 aliphatic heterocycles. The first kappa shape index (κ1) is 15.8. The van der Waals surface area contributed by atoms with Gasteiger partial charge in [0.1, 0.15) is 5.03 Å². The van der Waals surface area contributed by atoms with Crippen molar-refractivity contribution < 1.29 is 27.4 Å². The van der Waals surface area contributed by atoms with Crippen LogP contribution in [0, 0.1) is 5.41 Å². The maximum Gasteiger partial charge on any atom is 0.441 e. The van der Waals surface area contributed by atoms with Crippen molar-refractivity contribution in [3.8, 4) is 11.5 Å². The number of nitrogens with zero attached hydrogens (tertiary/aromatic N) is 2. The van der Waals surface area contributed by atoms with Crippen LogP contribution in [0.15, 0.2) is 40.0 Å². The van der Waals surface area contributed by atoms with Crippen molar-refractivity contribution in [2.75, 3.05) is 6.79 Å². The Morgan fingerprint density at radius 1 is 1.28 bits per heavy atom. The fraction of sp³-hybridized carbons (Fsp3) is 0.133. The van der Waals surface area contributed by atoms with Crippen molar-refractivity contribution in [3.63, 3.8) is 0 Å². The Labute approximate surface area is 143 Å². The molecule has 0 aromatic heterocycles. The van der Waals surface area contributed by atoms with E-state index in [1.807, 2.05) is 0 Å². The number of nitrogens with one attached hydrogen (secondary N) is 1. The SMILES string of the molecule is N=C1/C(=C/c2ccc3c(c2)OCO3)C(=O)C=C2SC(C(F)(F)F)=NN12. The second-order valence-electron chi connectivity index (χ2n) is 5.18. The molecule has 0 saturated carbocycles. The molecule has 10 heteroatoms. The number of ether oxygens (including phenoxy) is 2. The number of alkyl halides is 3. The van der Waals surface area contributed by atoms with E-state index in [9.17, 15) is 18.0 Å². The molecule has 0 saturated heterocycles. The fourth-order valence-corrected chi connectivity index (χ4v) is 3.22. The zero-order chi connectivity index (χ0) is 17.8. The number of halogens is 3. The highest BCUT2D eigenvalue weighted by molar-refractivity contribution is 8.17. The summed E-state index contributed by atoms with van der Waals surface area (Å²) in [5.41, 5.74) is 0.497. The second kappa shape index (κ2) is 5.38. The van der Waals surface area contributed by atoms with Gasteiger partial charge in [-0.05, 0) is 35.5 Å². The highest BCUT2D eigenvalue weighted by atomic mass is 32.2. The minimum absolute atomic E-state index is 0.0369. The second-order valence-corrected chi connectivity index (χ2v) is 6.19. The van der Waals surface area contributed by atoms with E-state index in [2.05, 4.69) is 5.10 Å². The zero-order valence-corrected chi connectivity index (χ0v) is 13.1. The molecule has 0 bridgehead atoms. The molecule has 0 aliphatic carbocycles. The Morgan fingerprint density at radius 2 is 2.04 bits per heavy atom. The van der Waals surface area contributed by atoms with Gasteiger partial charge in [0.15, 0.2) is 23.1 Å². The normalized spacial score (nSPS) is 20.8. The Balaban J connectivity index is 1.69. The lowest BCUT2D eigenvalue weighted by Crippen LogP contribution is -2.30. The average Bonchev–Trinajstić information content (AvgIpc) is 3.16. The highest BCUT2D eigenvalue weighted by Crippen LogP contribution is 2.41. The molecule has 25 heavy (non-hydrogen) atoms. The summed E-state index contributed by atoms with van der Waals surface area (Å²) in [6, 6.07) is 4.93. The van der Waals surface area contributed by atoms with Gasteiger partial charge in [-0.25, -0.2) is 5.01 Å². The van der Waals surface area contributed by atoms with Gasteiger partial charge in [-0.2, -0.15) is 18.3 Å². The molecule has 0 fully saturated rings. The fourth-order valence-electron chi connectivity index (χ4n) is 2.40. The summed E-state index contributed by atoms with van der Waals surface area (Å²) in [5.74, 6) is 0.0891. The smallest absolute Gasteiger partial charge is 0.441 e. The minimum atomic E-state index is -4.63. The molecular formula is C15H8F3N3O3S. The van der Waals surface area contributed by atoms with E-state index in [0.717, 1.165) is 11.1 Å². The van der Waals surface area contributed by atoms with Crippen LogP contribution >= 0.6 is 11.8 Å². The van der Waals surface area contributed by atoms with E-state index >= 15 is 0 Å². The molecule has 0 spiro atoms. The van der Waals surface area contributed by atoms with Crippen LogP contribution in [0.5, 0.6) is 11.5 Å². The lowest BCUT2D eigenvalue weighted by Gasteiger charge is -2.21. The molecule has 3 heterocycles. The largest absolute Gasteiger partial charge is 0.454 e. The third-order valence-electron chi connectivity index (χ3n) is 3.54. The van der Waals surface area contributed by atoms with E-state index in [1.54, 1.807) is 18.2 Å². The van der Waals surface area contributed by atoms with Crippen LogP contribution in [-0.4, -0.2) is 34.6 Å². The molecule has 0 atom stereocenters. The molecule has 1 N–H and O–H groups in total. The zero-order valence-electron chi connectivity index (χ0n) is 12.3. The van der Waals surface area contributed by atoms with Crippen LogP contribution < -0.4 is 9.47 Å². The van der Waals surface area contributed by atoms with Gasteiger partial charge in [0.05, 0.1) is 5.57 Å². The quantitative estimate of drug-likeness (QED) is 0.772. The van der Waals surface area contributed by atoms with Gasteiger partial charge in [-0.1, -0.05) is 6.07 Å². The molecule has 0 amide bonds. The van der Waals surface area contributed by atoms with Gasteiger partial charge in [-0.3, -0.25) is 10.2 Å². The van der Waals surface area contributed by atoms with Crippen LogP contribution in [0.4, 0.5) is 13.2 Å². The van der Waals surface area contributed by atoms with Gasteiger partial charge in [0.25, 0.3) is 0 Å². The van der Waals surface area contributed by atoms with Crippen LogP contribution in [0.2, 0.25) is 0 Å². The third kappa shape index (κ3) is 2.68. The van der Waals surface area contributed by atoms with E-state index in [1.165, 1.54) is 6.08 Å². The van der Waals surface area contributed by atoms with Gasteiger partial charge in [-0.15, -0.1) is 0 Å². The summed E-state index contributed by atoms with van der Waals surface area (Å²) in [5, 5.41) is 11.1. The van der Waals surface area contributed by atoms with Crippen LogP contribution in [0.25, 0.3) is 6.08 Å². The van der Waals surface area contributed by atoms with Crippen molar-refractivity contribution in [3.05, 3.63) is 40.4 Å². The first-order valence-corrected chi connectivity index (χ1v) is 7.74. The Morgan fingerprint density at radius 3 is 2.80 bits per heavy atom. The maximum atomic E-state index is 12.8. The number of amidine groups is 1. The number of hydrogen-bond acceptors (Lipinski definition) is 6. The summed E-state index contributed by atoms with van der Waals surface area (Å²) >= 11 is 0.320. The summed E-state index contributed by atoms with van der Waals surface area (Å²) in [6.45, 7) is 0.0934. The summed E-state index contributed by atoms with van der Waals surface area (Å²) in [6.07, 6.45) is -2.18. The number of carbonyl (C=O) groups is 1. The van der Waals surface area contributed by atoms with Crippen molar-refractivity contribution >= 4 is 34.5 Å². The minimum Gasteiger partial charge on any atom is -0.454 e. The number of hydrogen-bond donors (Lipinski definition) is 1. The number of allylic oxidation sites excluding steroid dienone is 1. The number of hydrazone groups is 1. The monoisotopic (exact) mass is 367 g/mol. The molecule has 0 radical (unpaired) electrons. The first-order chi connectivity index (χ1) is 11.8. The predicted octanol–water partition coefficient (Wildman–Crippen LogP) is 3.12. The molecule has 6 nitrogen and oxygen atoms in total. The van der Waals surface area contributed by atoms with E-state index in [4.69, 9.17) is 14.9 Å².